The van der Waals surface area contributed by atoms with Gasteiger partial charge in [0, 0.05) is 37.1 Å². The highest BCUT2D eigenvalue weighted by Crippen LogP contribution is 2.24. The SMILES string of the molecule is COc1ccc(Cl)cc1CN(C)C(=O)CCCN1C(=O)CNC1=O. The van der Waals surface area contributed by atoms with Gasteiger partial charge in [-0.1, -0.05) is 11.6 Å². The summed E-state index contributed by atoms with van der Waals surface area (Å²) in [5, 5.41) is 3.02. The van der Waals surface area contributed by atoms with Gasteiger partial charge in [0.15, 0.2) is 0 Å². The lowest BCUT2D eigenvalue weighted by Gasteiger charge is -2.19. The molecule has 0 atom stereocenters. The summed E-state index contributed by atoms with van der Waals surface area (Å²) < 4.78 is 5.27. The van der Waals surface area contributed by atoms with Gasteiger partial charge in [-0.05, 0) is 24.6 Å². The van der Waals surface area contributed by atoms with E-state index in [0.29, 0.717) is 23.7 Å². The Morgan fingerprint density at radius 1 is 1.42 bits per heavy atom. The molecule has 7 nitrogen and oxygen atoms in total. The largest absolute Gasteiger partial charge is 0.496 e. The fourth-order valence-corrected chi connectivity index (χ4v) is 2.67. The number of ether oxygens (including phenoxy) is 1. The lowest BCUT2D eigenvalue weighted by Crippen LogP contribution is -2.33. The van der Waals surface area contributed by atoms with Crippen molar-refractivity contribution in [3.63, 3.8) is 0 Å². The highest BCUT2D eigenvalue weighted by molar-refractivity contribution is 6.30. The van der Waals surface area contributed by atoms with E-state index < -0.39 is 6.03 Å². The average Bonchev–Trinajstić information content (AvgIpc) is 2.86. The number of nitrogens with one attached hydrogen (secondary N) is 1. The number of halogens is 1. The molecule has 1 aliphatic heterocycles. The van der Waals surface area contributed by atoms with E-state index in [9.17, 15) is 14.4 Å². The highest BCUT2D eigenvalue weighted by atomic mass is 35.5. The van der Waals surface area contributed by atoms with Gasteiger partial charge in [0.1, 0.15) is 5.75 Å². The van der Waals surface area contributed by atoms with E-state index in [1.807, 2.05) is 0 Å². The number of hydrogen-bond donors (Lipinski definition) is 1. The molecule has 0 saturated carbocycles. The van der Waals surface area contributed by atoms with Crippen molar-refractivity contribution in [3.8, 4) is 5.75 Å². The summed E-state index contributed by atoms with van der Waals surface area (Å²) in [6.45, 7) is 0.637. The van der Waals surface area contributed by atoms with Crippen LogP contribution in [0.4, 0.5) is 4.79 Å². The molecule has 0 spiro atoms. The maximum Gasteiger partial charge on any atom is 0.324 e. The lowest BCUT2D eigenvalue weighted by molar-refractivity contribution is -0.131. The molecular weight excluding hydrogens is 334 g/mol. The van der Waals surface area contributed by atoms with E-state index in [1.54, 1.807) is 37.3 Å². The van der Waals surface area contributed by atoms with Crippen molar-refractivity contribution in [3.05, 3.63) is 28.8 Å². The first-order chi connectivity index (χ1) is 11.4. The number of carbonyl (C=O) groups excluding carboxylic acids is 3. The number of rotatable bonds is 7. The smallest absolute Gasteiger partial charge is 0.324 e. The summed E-state index contributed by atoms with van der Waals surface area (Å²) >= 11 is 5.99. The molecule has 0 aromatic heterocycles. The molecule has 1 fully saturated rings. The predicted octanol–water partition coefficient (Wildman–Crippen LogP) is 1.64. The summed E-state index contributed by atoms with van der Waals surface area (Å²) in [6, 6.07) is 4.85. The standard InChI is InChI=1S/C16H20ClN3O4/c1-19(10-11-8-12(17)5-6-13(11)24-2)14(21)4-3-7-20-15(22)9-18-16(20)23/h5-6,8H,3-4,7,9-10H2,1-2H3,(H,18,23). The summed E-state index contributed by atoms with van der Waals surface area (Å²) in [7, 11) is 3.25. The van der Waals surface area contributed by atoms with Crippen molar-refractivity contribution in [2.24, 2.45) is 0 Å². The maximum atomic E-state index is 12.2. The third kappa shape index (κ3) is 4.38. The molecule has 4 amide bonds. The fraction of sp³-hybridized carbons (Fsp3) is 0.438. The van der Waals surface area contributed by atoms with Crippen LogP contribution in [0, 0.1) is 0 Å². The Bertz CT molecular complexity index is 634. The van der Waals surface area contributed by atoms with Crippen LogP contribution in [0.1, 0.15) is 18.4 Å². The normalized spacial score (nSPS) is 13.9. The topological polar surface area (TPSA) is 79.0 Å². The number of methoxy groups -OCH3 is 1. The lowest BCUT2D eigenvalue weighted by atomic mass is 10.1. The van der Waals surface area contributed by atoms with Crippen molar-refractivity contribution in [1.82, 2.24) is 15.1 Å². The highest BCUT2D eigenvalue weighted by Gasteiger charge is 2.27. The van der Waals surface area contributed by atoms with E-state index in [1.165, 1.54) is 0 Å². The second kappa shape index (κ2) is 8.01. The Morgan fingerprint density at radius 3 is 2.79 bits per heavy atom. The van der Waals surface area contributed by atoms with Crippen LogP contribution in [-0.2, 0) is 16.1 Å². The first-order valence-corrected chi connectivity index (χ1v) is 7.94. The molecule has 0 unspecified atom stereocenters. The van der Waals surface area contributed by atoms with Crippen molar-refractivity contribution in [1.29, 1.82) is 0 Å². The molecule has 1 aromatic carbocycles. The Hall–Kier alpha value is -2.28. The molecule has 1 aliphatic rings. The summed E-state index contributed by atoms with van der Waals surface area (Å²) in [4.78, 5) is 37.8. The molecule has 8 heteroatoms. The van der Waals surface area contributed by atoms with Crippen molar-refractivity contribution < 1.29 is 19.1 Å². The number of imide groups is 1. The molecule has 1 aromatic rings. The quantitative estimate of drug-likeness (QED) is 0.756. The molecule has 24 heavy (non-hydrogen) atoms. The van der Waals surface area contributed by atoms with Crippen LogP contribution >= 0.6 is 11.6 Å². The molecule has 1 heterocycles. The number of amides is 4. The number of benzene rings is 1. The number of nitrogens with zero attached hydrogens (tertiary/aromatic N) is 2. The predicted molar refractivity (Wildman–Crippen MR) is 88.8 cm³/mol. The third-order valence-corrected chi connectivity index (χ3v) is 4.02. The maximum absolute atomic E-state index is 12.2. The summed E-state index contributed by atoms with van der Waals surface area (Å²) in [6.07, 6.45) is 0.672. The van der Waals surface area contributed by atoms with E-state index in [-0.39, 0.29) is 31.3 Å². The minimum absolute atomic E-state index is 0.0290. The van der Waals surface area contributed by atoms with Crippen LogP contribution in [0.3, 0.4) is 0 Å². The van der Waals surface area contributed by atoms with Gasteiger partial charge < -0.3 is 15.0 Å². The van der Waals surface area contributed by atoms with Gasteiger partial charge in [-0.2, -0.15) is 0 Å². The average molecular weight is 354 g/mol. The van der Waals surface area contributed by atoms with Crippen LogP contribution in [0.25, 0.3) is 0 Å². The van der Waals surface area contributed by atoms with E-state index in [4.69, 9.17) is 16.3 Å². The van der Waals surface area contributed by atoms with Gasteiger partial charge in [-0.25, -0.2) is 4.79 Å². The Morgan fingerprint density at radius 2 is 2.17 bits per heavy atom. The van der Waals surface area contributed by atoms with E-state index >= 15 is 0 Å². The van der Waals surface area contributed by atoms with E-state index in [2.05, 4.69) is 5.32 Å². The van der Waals surface area contributed by atoms with Crippen LogP contribution in [0.2, 0.25) is 5.02 Å². The third-order valence-electron chi connectivity index (χ3n) is 3.79. The van der Waals surface area contributed by atoms with Gasteiger partial charge in [-0.3, -0.25) is 14.5 Å². The summed E-state index contributed by atoms with van der Waals surface area (Å²) in [5.41, 5.74) is 0.815. The molecule has 1 N–H and O–H groups in total. The molecule has 0 aliphatic carbocycles. The van der Waals surface area contributed by atoms with Crippen LogP contribution in [0.5, 0.6) is 5.75 Å². The van der Waals surface area contributed by atoms with Gasteiger partial charge in [0.2, 0.25) is 11.8 Å². The van der Waals surface area contributed by atoms with Gasteiger partial charge in [-0.15, -0.1) is 0 Å². The molecule has 0 bridgehead atoms. The van der Waals surface area contributed by atoms with Crippen molar-refractivity contribution in [2.75, 3.05) is 27.2 Å². The Kier molecular flexibility index (Phi) is 6.03. The van der Waals surface area contributed by atoms with Crippen molar-refractivity contribution in [2.45, 2.75) is 19.4 Å². The van der Waals surface area contributed by atoms with Gasteiger partial charge in [0.25, 0.3) is 0 Å². The van der Waals surface area contributed by atoms with Crippen LogP contribution in [-0.4, -0.2) is 54.9 Å². The van der Waals surface area contributed by atoms with Gasteiger partial charge >= 0.3 is 6.03 Å². The van der Waals surface area contributed by atoms with Gasteiger partial charge in [0.05, 0.1) is 13.7 Å². The molecule has 0 radical (unpaired) electrons. The van der Waals surface area contributed by atoms with E-state index in [0.717, 1.165) is 10.5 Å². The first-order valence-electron chi connectivity index (χ1n) is 7.57. The molecule has 2 rings (SSSR count). The van der Waals surface area contributed by atoms with Crippen LogP contribution in [0.15, 0.2) is 18.2 Å². The monoisotopic (exact) mass is 353 g/mol. The second-order valence-electron chi connectivity index (χ2n) is 5.51. The zero-order chi connectivity index (χ0) is 17.7. The van der Waals surface area contributed by atoms with Crippen molar-refractivity contribution >= 4 is 29.4 Å². The minimum Gasteiger partial charge on any atom is -0.496 e. The zero-order valence-electron chi connectivity index (χ0n) is 13.7. The number of urea groups is 1. The molecule has 130 valence electrons. The second-order valence-corrected chi connectivity index (χ2v) is 5.95. The Balaban J connectivity index is 1.85. The molecular formula is C16H20ClN3O4. The number of carbonyl (C=O) groups is 3. The number of hydrogen-bond acceptors (Lipinski definition) is 4. The fourth-order valence-electron chi connectivity index (χ4n) is 2.48. The molecule has 1 saturated heterocycles. The van der Waals surface area contributed by atoms with Crippen LogP contribution < -0.4 is 10.1 Å². The first kappa shape index (κ1) is 18.1. The minimum atomic E-state index is -0.399. The Labute approximate surface area is 145 Å². The zero-order valence-corrected chi connectivity index (χ0v) is 14.4. The summed E-state index contributed by atoms with van der Waals surface area (Å²) in [5.74, 6) is 0.326.